The summed E-state index contributed by atoms with van der Waals surface area (Å²) in [7, 11) is 0. The number of benzene rings is 3. The molecule has 190 valence electrons. The van der Waals surface area contributed by atoms with Crippen molar-refractivity contribution in [2.45, 2.75) is 39.2 Å². The van der Waals surface area contributed by atoms with Gasteiger partial charge < -0.3 is 31.9 Å². The fourth-order valence-electron chi connectivity index (χ4n) is 5.19. The molecule has 36 heavy (non-hydrogen) atoms. The van der Waals surface area contributed by atoms with E-state index < -0.39 is 0 Å². The van der Waals surface area contributed by atoms with E-state index in [1.807, 2.05) is 24.3 Å². The molecule has 0 bridgehead atoms. The third-order valence-electron chi connectivity index (χ3n) is 7.08. The van der Waals surface area contributed by atoms with Gasteiger partial charge in [0, 0.05) is 24.0 Å². The van der Waals surface area contributed by atoms with E-state index in [9.17, 15) is 10.2 Å². The third kappa shape index (κ3) is 5.80. The average molecular weight is 506 g/mol. The summed E-state index contributed by atoms with van der Waals surface area (Å²) >= 11 is 0. The minimum Gasteiger partial charge on any atom is -1.00 e. The summed E-state index contributed by atoms with van der Waals surface area (Å²) in [6, 6.07) is 21.2. The van der Waals surface area contributed by atoms with Crippen molar-refractivity contribution in [1.82, 2.24) is 9.47 Å². The molecule has 2 heterocycles. The Balaban J connectivity index is 0.00000304. The van der Waals surface area contributed by atoms with Gasteiger partial charge in [0.1, 0.15) is 23.9 Å². The highest BCUT2D eigenvalue weighted by molar-refractivity contribution is 5.92. The van der Waals surface area contributed by atoms with Crippen LogP contribution in [0.4, 0.5) is 0 Å². The second kappa shape index (κ2) is 11.7. The standard InChI is InChI=1S/C30H34N2O3.ClH/c1-22-28-20-26(34)12-15-29(28)32(30(22)24-8-10-25(33)11-9-24)21-23-6-13-27(14-7-23)35-19-18-31-16-4-2-3-5-17-31;/h6-15,20,33-34H,2-5,16-19,21H2,1H3;1H/p-1. The van der Waals surface area contributed by atoms with Gasteiger partial charge in [0.2, 0.25) is 0 Å². The van der Waals surface area contributed by atoms with Crippen molar-refractivity contribution in [2.24, 2.45) is 0 Å². The Bertz CT molecular complexity index is 1270. The van der Waals surface area contributed by atoms with Crippen molar-refractivity contribution in [3.05, 3.63) is 77.9 Å². The Morgan fingerprint density at radius 2 is 1.47 bits per heavy atom. The minimum absolute atomic E-state index is 0. The molecule has 4 aromatic rings. The molecule has 0 atom stereocenters. The van der Waals surface area contributed by atoms with Crippen molar-refractivity contribution in [2.75, 3.05) is 26.2 Å². The highest BCUT2D eigenvalue weighted by Crippen LogP contribution is 2.36. The zero-order chi connectivity index (χ0) is 24.2. The zero-order valence-electron chi connectivity index (χ0n) is 20.8. The number of rotatable bonds is 7. The maximum atomic E-state index is 10.1. The van der Waals surface area contributed by atoms with Gasteiger partial charge in [-0.05, 0) is 104 Å². The van der Waals surface area contributed by atoms with Crippen molar-refractivity contribution in [3.8, 4) is 28.5 Å². The van der Waals surface area contributed by atoms with Crippen LogP contribution in [-0.4, -0.2) is 45.9 Å². The van der Waals surface area contributed by atoms with Crippen LogP contribution < -0.4 is 17.1 Å². The van der Waals surface area contributed by atoms with Gasteiger partial charge >= 0.3 is 0 Å². The largest absolute Gasteiger partial charge is 1.00 e. The fourth-order valence-corrected chi connectivity index (χ4v) is 5.19. The predicted molar refractivity (Wildman–Crippen MR) is 141 cm³/mol. The first-order valence-corrected chi connectivity index (χ1v) is 12.6. The number of hydrogen-bond acceptors (Lipinski definition) is 4. The second-order valence-corrected chi connectivity index (χ2v) is 9.56. The summed E-state index contributed by atoms with van der Waals surface area (Å²) in [5.41, 5.74) is 5.47. The number of halogens is 1. The fraction of sp³-hybridized carbons (Fsp3) is 0.333. The molecule has 5 nitrogen and oxygen atoms in total. The van der Waals surface area contributed by atoms with Gasteiger partial charge in [-0.2, -0.15) is 0 Å². The van der Waals surface area contributed by atoms with Crippen LogP contribution in [0.15, 0.2) is 66.7 Å². The predicted octanol–water partition coefficient (Wildman–Crippen LogP) is 3.34. The Labute approximate surface area is 219 Å². The van der Waals surface area contributed by atoms with Crippen molar-refractivity contribution in [1.29, 1.82) is 0 Å². The number of ether oxygens (including phenoxy) is 1. The van der Waals surface area contributed by atoms with E-state index in [1.54, 1.807) is 18.2 Å². The lowest BCUT2D eigenvalue weighted by atomic mass is 10.1. The second-order valence-electron chi connectivity index (χ2n) is 9.56. The van der Waals surface area contributed by atoms with E-state index in [2.05, 4.69) is 40.7 Å². The van der Waals surface area contributed by atoms with Crippen LogP contribution in [0.1, 0.15) is 36.8 Å². The molecule has 5 rings (SSSR count). The summed E-state index contributed by atoms with van der Waals surface area (Å²) in [4.78, 5) is 2.52. The number of likely N-dealkylation sites (tertiary alicyclic amines) is 1. The topological polar surface area (TPSA) is 57.9 Å². The molecule has 1 aromatic heterocycles. The van der Waals surface area contributed by atoms with Crippen LogP contribution in [0.25, 0.3) is 22.2 Å². The van der Waals surface area contributed by atoms with Crippen LogP contribution >= 0.6 is 0 Å². The molecular weight excluding hydrogens is 472 g/mol. The number of fused-ring (bicyclic) bond motifs is 1. The average Bonchev–Trinajstić information content (AvgIpc) is 3.01. The number of hydrogen-bond donors (Lipinski definition) is 2. The number of phenols is 2. The van der Waals surface area contributed by atoms with Crippen LogP contribution in [0, 0.1) is 6.92 Å². The first-order chi connectivity index (χ1) is 17.1. The minimum atomic E-state index is 0. The van der Waals surface area contributed by atoms with Gasteiger partial charge in [0.25, 0.3) is 0 Å². The Hall–Kier alpha value is -3.15. The normalized spacial score (nSPS) is 14.4. The van der Waals surface area contributed by atoms with Gasteiger partial charge in [-0.3, -0.25) is 4.90 Å². The number of aromatic hydroxyl groups is 2. The number of phenolic OH excluding ortho intramolecular Hbond substituents is 2. The number of aromatic nitrogens is 1. The molecule has 3 aromatic carbocycles. The number of aryl methyl sites for hydroxylation is 1. The van der Waals surface area contributed by atoms with Crippen LogP contribution in [0.3, 0.4) is 0 Å². The summed E-state index contributed by atoms with van der Waals surface area (Å²) in [6.07, 6.45) is 5.30. The summed E-state index contributed by atoms with van der Waals surface area (Å²) in [5, 5.41) is 20.9. The molecular formula is C30H34ClN2O3-. The van der Waals surface area contributed by atoms with E-state index in [4.69, 9.17) is 4.74 Å². The summed E-state index contributed by atoms with van der Waals surface area (Å²) < 4.78 is 8.33. The molecule has 0 spiro atoms. The Kier molecular flexibility index (Phi) is 8.44. The molecule has 0 aliphatic carbocycles. The van der Waals surface area contributed by atoms with Gasteiger partial charge in [-0.25, -0.2) is 0 Å². The van der Waals surface area contributed by atoms with Gasteiger partial charge in [-0.1, -0.05) is 25.0 Å². The van der Waals surface area contributed by atoms with Crippen molar-refractivity contribution < 1.29 is 27.4 Å². The van der Waals surface area contributed by atoms with E-state index in [0.29, 0.717) is 6.54 Å². The van der Waals surface area contributed by atoms with E-state index >= 15 is 0 Å². The highest BCUT2D eigenvalue weighted by Gasteiger charge is 2.17. The van der Waals surface area contributed by atoms with Crippen LogP contribution in [-0.2, 0) is 6.54 Å². The van der Waals surface area contributed by atoms with Gasteiger partial charge in [-0.15, -0.1) is 0 Å². The first kappa shape index (κ1) is 25.9. The van der Waals surface area contributed by atoms with E-state index in [-0.39, 0.29) is 23.9 Å². The van der Waals surface area contributed by atoms with Gasteiger partial charge in [0.15, 0.2) is 0 Å². The SMILES string of the molecule is Cc1c(-c2ccc(O)cc2)n(Cc2ccc(OCCN3CCCCCC3)cc2)c2ccc(O)cc12.[Cl-]. The molecule has 0 saturated carbocycles. The quantitative estimate of drug-likeness (QED) is 0.404. The molecule has 1 fully saturated rings. The monoisotopic (exact) mass is 505 g/mol. The Morgan fingerprint density at radius 3 is 2.17 bits per heavy atom. The molecule has 1 aliphatic heterocycles. The van der Waals surface area contributed by atoms with Gasteiger partial charge in [0.05, 0.1) is 5.69 Å². The number of nitrogens with zero attached hydrogens (tertiary/aromatic N) is 2. The molecule has 0 amide bonds. The van der Waals surface area contributed by atoms with E-state index in [0.717, 1.165) is 46.6 Å². The Morgan fingerprint density at radius 1 is 0.806 bits per heavy atom. The smallest absolute Gasteiger partial charge is 0.119 e. The van der Waals surface area contributed by atoms with Crippen molar-refractivity contribution >= 4 is 10.9 Å². The lowest BCUT2D eigenvalue weighted by Gasteiger charge is -2.19. The first-order valence-electron chi connectivity index (χ1n) is 12.6. The molecule has 1 aliphatic rings. The molecule has 0 radical (unpaired) electrons. The lowest BCUT2D eigenvalue weighted by Crippen LogP contribution is -3.00. The maximum Gasteiger partial charge on any atom is 0.119 e. The molecule has 6 heteroatoms. The molecule has 1 saturated heterocycles. The van der Waals surface area contributed by atoms with Crippen molar-refractivity contribution in [3.63, 3.8) is 0 Å². The van der Waals surface area contributed by atoms with E-state index in [1.165, 1.54) is 44.3 Å². The maximum absolute atomic E-state index is 10.1. The third-order valence-corrected chi connectivity index (χ3v) is 7.08. The lowest BCUT2D eigenvalue weighted by molar-refractivity contribution is -0.00000960. The zero-order valence-corrected chi connectivity index (χ0v) is 21.5. The molecule has 2 N–H and O–H groups in total. The van der Waals surface area contributed by atoms with Crippen LogP contribution in [0.5, 0.6) is 17.2 Å². The van der Waals surface area contributed by atoms with Crippen LogP contribution in [0.2, 0.25) is 0 Å². The highest BCUT2D eigenvalue weighted by atomic mass is 35.5. The summed E-state index contributed by atoms with van der Waals surface area (Å²) in [6.45, 7) is 6.86. The summed E-state index contributed by atoms with van der Waals surface area (Å²) in [5.74, 6) is 1.41. The molecule has 0 unspecified atom stereocenters.